The van der Waals surface area contributed by atoms with Crippen molar-refractivity contribution in [1.82, 2.24) is 14.7 Å². The molecule has 180 valence electrons. The summed E-state index contributed by atoms with van der Waals surface area (Å²) in [6, 6.07) is 22.1. The van der Waals surface area contributed by atoms with Gasteiger partial charge in [-0.05, 0) is 67.6 Å². The number of benzene rings is 2. The number of nitrogens with zero attached hydrogens (tertiary/aromatic N) is 2. The van der Waals surface area contributed by atoms with Gasteiger partial charge in [-0.2, -0.15) is 0 Å². The highest BCUT2D eigenvalue weighted by Crippen LogP contribution is 2.31. The largest absolute Gasteiger partial charge is 0.497 e. The van der Waals surface area contributed by atoms with Crippen LogP contribution >= 0.6 is 0 Å². The lowest BCUT2D eigenvalue weighted by Crippen LogP contribution is -2.40. The Balaban J connectivity index is 1.51. The topological polar surface area (TPSA) is 93.7 Å². The fraction of sp³-hybridized carbons (Fsp3) is 0.286. The quantitative estimate of drug-likeness (QED) is 0.367. The smallest absolute Gasteiger partial charge is 0.255 e. The molecule has 4 N–H and O–H groups in total. The third-order valence-electron chi connectivity index (χ3n) is 6.67. The lowest BCUT2D eigenvalue weighted by atomic mass is 9.91. The van der Waals surface area contributed by atoms with Crippen LogP contribution in [-0.2, 0) is 6.54 Å². The van der Waals surface area contributed by atoms with Gasteiger partial charge in [-0.15, -0.1) is 0 Å². The molecule has 0 atom stereocenters. The van der Waals surface area contributed by atoms with E-state index in [4.69, 9.17) is 15.5 Å². The van der Waals surface area contributed by atoms with Gasteiger partial charge in [0.1, 0.15) is 17.3 Å². The minimum absolute atomic E-state index is 0.100. The maximum atomic E-state index is 13.3. The molecule has 1 aliphatic carbocycles. The number of ether oxygens (including phenoxy) is 1. The summed E-state index contributed by atoms with van der Waals surface area (Å²) in [5, 5.41) is 6.76. The van der Waals surface area contributed by atoms with Crippen molar-refractivity contribution in [2.45, 2.75) is 44.3 Å². The average molecular weight is 470 g/mol. The molecule has 0 unspecified atom stereocenters. The highest BCUT2D eigenvalue weighted by atomic mass is 16.5. The summed E-state index contributed by atoms with van der Waals surface area (Å²) < 4.78 is 7.29. The fourth-order valence-corrected chi connectivity index (χ4v) is 4.67. The number of fused-ring (bicyclic) bond motifs is 1. The van der Waals surface area contributed by atoms with E-state index in [9.17, 15) is 4.79 Å². The first-order chi connectivity index (χ1) is 17.1. The van der Waals surface area contributed by atoms with E-state index in [2.05, 4.69) is 22.8 Å². The number of hydrogen-bond acceptors (Lipinski definition) is 5. The number of amides is 1. The standard InChI is InChI=1S/C28H31N5O2/c1-35-23-15-9-20(10-16-23)25-27(30-18-19-6-3-2-4-7-19)33-17-5-8-24(26(33)32-25)28(34)31-22-13-11-21(29)12-14-22/h2-10,15-17,21-22,30H,11-14,18,29H2,1H3,(H,31,34). The predicted octanol–water partition coefficient (Wildman–Crippen LogP) is 4.62. The summed E-state index contributed by atoms with van der Waals surface area (Å²) in [4.78, 5) is 18.3. The van der Waals surface area contributed by atoms with Gasteiger partial charge >= 0.3 is 0 Å². The van der Waals surface area contributed by atoms with Gasteiger partial charge in [0.25, 0.3) is 5.91 Å². The molecule has 1 fully saturated rings. The lowest BCUT2D eigenvalue weighted by molar-refractivity contribution is 0.0927. The van der Waals surface area contributed by atoms with Crippen molar-refractivity contribution in [2.24, 2.45) is 5.73 Å². The molecule has 35 heavy (non-hydrogen) atoms. The van der Waals surface area contributed by atoms with Crippen molar-refractivity contribution in [3.63, 3.8) is 0 Å². The summed E-state index contributed by atoms with van der Waals surface area (Å²) in [5.74, 6) is 1.52. The molecule has 5 rings (SSSR count). The minimum atomic E-state index is -0.100. The van der Waals surface area contributed by atoms with Crippen molar-refractivity contribution < 1.29 is 9.53 Å². The highest BCUT2D eigenvalue weighted by Gasteiger charge is 2.23. The summed E-state index contributed by atoms with van der Waals surface area (Å²) in [7, 11) is 1.65. The molecule has 0 bridgehead atoms. The van der Waals surface area contributed by atoms with E-state index >= 15 is 0 Å². The van der Waals surface area contributed by atoms with Crippen molar-refractivity contribution in [1.29, 1.82) is 0 Å². The molecule has 2 heterocycles. The van der Waals surface area contributed by atoms with E-state index in [1.165, 1.54) is 0 Å². The number of rotatable bonds is 7. The third kappa shape index (κ3) is 5.00. The van der Waals surface area contributed by atoms with Crippen molar-refractivity contribution in [3.05, 3.63) is 84.1 Å². The van der Waals surface area contributed by atoms with E-state index in [-0.39, 0.29) is 18.0 Å². The van der Waals surface area contributed by atoms with E-state index in [0.717, 1.165) is 54.1 Å². The van der Waals surface area contributed by atoms with Gasteiger partial charge in [-0.1, -0.05) is 30.3 Å². The number of carbonyl (C=O) groups is 1. The Morgan fingerprint density at radius 1 is 1.03 bits per heavy atom. The molecular formula is C28H31N5O2. The number of imidazole rings is 1. The first-order valence-corrected chi connectivity index (χ1v) is 12.1. The van der Waals surface area contributed by atoms with E-state index in [1.54, 1.807) is 7.11 Å². The molecule has 0 spiro atoms. The van der Waals surface area contributed by atoms with Crippen LogP contribution < -0.4 is 21.1 Å². The van der Waals surface area contributed by atoms with Gasteiger partial charge in [-0.25, -0.2) is 4.98 Å². The molecule has 1 amide bonds. The molecule has 2 aromatic heterocycles. The number of aromatic nitrogens is 2. The first kappa shape index (κ1) is 22.9. The number of anilines is 1. The average Bonchev–Trinajstić information content (AvgIpc) is 3.28. The molecule has 1 aliphatic rings. The summed E-state index contributed by atoms with van der Waals surface area (Å²) >= 11 is 0. The lowest BCUT2D eigenvalue weighted by Gasteiger charge is -2.26. The Kier molecular flexibility index (Phi) is 6.68. The second-order valence-electron chi connectivity index (χ2n) is 9.08. The van der Waals surface area contributed by atoms with Crippen LogP contribution in [0.15, 0.2) is 72.9 Å². The monoisotopic (exact) mass is 469 g/mol. The van der Waals surface area contributed by atoms with Crippen LogP contribution in [0.4, 0.5) is 5.82 Å². The minimum Gasteiger partial charge on any atom is -0.497 e. The van der Waals surface area contributed by atoms with Crippen LogP contribution in [0.2, 0.25) is 0 Å². The van der Waals surface area contributed by atoms with Crippen LogP contribution in [0.25, 0.3) is 16.9 Å². The molecule has 7 nitrogen and oxygen atoms in total. The van der Waals surface area contributed by atoms with Gasteiger partial charge in [0.15, 0.2) is 5.65 Å². The zero-order valence-electron chi connectivity index (χ0n) is 19.9. The Labute approximate surface area is 205 Å². The first-order valence-electron chi connectivity index (χ1n) is 12.1. The molecule has 0 saturated heterocycles. The van der Waals surface area contributed by atoms with Gasteiger partial charge in [0, 0.05) is 30.4 Å². The SMILES string of the molecule is COc1ccc(-c2nc3c(C(=O)NC4CCC(N)CC4)cccn3c2NCc2ccccc2)cc1. The maximum absolute atomic E-state index is 13.3. The number of methoxy groups -OCH3 is 1. The molecular weight excluding hydrogens is 438 g/mol. The Morgan fingerprint density at radius 3 is 2.49 bits per heavy atom. The van der Waals surface area contributed by atoms with Crippen LogP contribution in [0, 0.1) is 0 Å². The molecule has 0 radical (unpaired) electrons. The molecule has 4 aromatic rings. The van der Waals surface area contributed by atoms with E-state index < -0.39 is 0 Å². The number of nitrogens with two attached hydrogens (primary N) is 1. The second-order valence-corrected chi connectivity index (χ2v) is 9.08. The van der Waals surface area contributed by atoms with Crippen LogP contribution in [0.3, 0.4) is 0 Å². The Bertz CT molecular complexity index is 1290. The van der Waals surface area contributed by atoms with Crippen LogP contribution in [0.5, 0.6) is 5.75 Å². The summed E-state index contributed by atoms with van der Waals surface area (Å²) in [6.45, 7) is 0.635. The maximum Gasteiger partial charge on any atom is 0.255 e. The Hall–Kier alpha value is -3.84. The molecule has 1 saturated carbocycles. The normalized spacial score (nSPS) is 17.8. The zero-order chi connectivity index (χ0) is 24.2. The summed E-state index contributed by atoms with van der Waals surface area (Å²) in [5.41, 5.74) is 10.1. The van der Waals surface area contributed by atoms with Gasteiger partial charge in [0.2, 0.25) is 0 Å². The molecule has 0 aliphatic heterocycles. The van der Waals surface area contributed by atoms with Crippen molar-refractivity contribution >= 4 is 17.4 Å². The molecule has 2 aromatic carbocycles. The van der Waals surface area contributed by atoms with Crippen molar-refractivity contribution in [3.8, 4) is 17.0 Å². The Morgan fingerprint density at radius 2 is 1.77 bits per heavy atom. The van der Waals surface area contributed by atoms with Crippen LogP contribution in [-0.4, -0.2) is 34.5 Å². The number of hydrogen-bond donors (Lipinski definition) is 3. The molecule has 7 heteroatoms. The van der Waals surface area contributed by atoms with E-state index in [1.807, 2.05) is 65.2 Å². The van der Waals surface area contributed by atoms with Crippen LogP contribution in [0.1, 0.15) is 41.6 Å². The van der Waals surface area contributed by atoms with Gasteiger partial charge in [-0.3, -0.25) is 9.20 Å². The van der Waals surface area contributed by atoms with Crippen molar-refractivity contribution in [2.75, 3.05) is 12.4 Å². The number of carbonyl (C=O) groups excluding carboxylic acids is 1. The van der Waals surface area contributed by atoms with E-state index in [0.29, 0.717) is 17.8 Å². The second kappa shape index (κ2) is 10.2. The fourth-order valence-electron chi connectivity index (χ4n) is 4.67. The number of pyridine rings is 1. The van der Waals surface area contributed by atoms with Gasteiger partial charge in [0.05, 0.1) is 12.7 Å². The predicted molar refractivity (Wildman–Crippen MR) is 139 cm³/mol. The highest BCUT2D eigenvalue weighted by molar-refractivity contribution is 6.01. The van der Waals surface area contributed by atoms with Gasteiger partial charge < -0.3 is 21.1 Å². The summed E-state index contributed by atoms with van der Waals surface area (Å²) in [6.07, 6.45) is 5.64. The number of nitrogens with one attached hydrogen (secondary N) is 2. The zero-order valence-corrected chi connectivity index (χ0v) is 19.9. The third-order valence-corrected chi connectivity index (χ3v) is 6.67.